The Morgan fingerprint density at radius 3 is 2.86 bits per heavy atom. The Morgan fingerprint density at radius 1 is 1.52 bits per heavy atom. The number of thioether (sulfide) groups is 1. The topological polar surface area (TPSA) is 74.7 Å². The maximum atomic E-state index is 12.6. The van der Waals surface area contributed by atoms with Gasteiger partial charge < -0.3 is 5.11 Å². The molecule has 1 aromatic carbocycles. The molecule has 0 amide bonds. The molecule has 0 spiro atoms. The molecule has 0 aromatic heterocycles. The van der Waals surface area contributed by atoms with Gasteiger partial charge in [0, 0.05) is 24.1 Å². The number of aromatic carboxylic acids is 1. The van der Waals surface area contributed by atoms with Crippen molar-refractivity contribution in [3.8, 4) is 0 Å². The summed E-state index contributed by atoms with van der Waals surface area (Å²) in [5.41, 5.74) is -0.198. The normalized spacial score (nSPS) is 20.4. The SMILES string of the molecule is CCC1CN(S(=O)(=O)c2ccc(Cl)c(C(=O)O)c2)CCS1. The van der Waals surface area contributed by atoms with Crippen molar-refractivity contribution in [2.75, 3.05) is 18.8 Å². The van der Waals surface area contributed by atoms with Crippen LogP contribution in [0.1, 0.15) is 23.7 Å². The summed E-state index contributed by atoms with van der Waals surface area (Å²) >= 11 is 7.55. The van der Waals surface area contributed by atoms with Gasteiger partial charge in [-0.1, -0.05) is 18.5 Å². The molecule has 1 aromatic rings. The molecule has 1 aliphatic rings. The lowest BCUT2D eigenvalue weighted by atomic mass is 10.2. The van der Waals surface area contributed by atoms with Gasteiger partial charge >= 0.3 is 5.97 Å². The van der Waals surface area contributed by atoms with E-state index in [1.807, 2.05) is 6.92 Å². The fourth-order valence-corrected chi connectivity index (χ4v) is 5.24. The highest BCUT2D eigenvalue weighted by Gasteiger charge is 2.30. The number of carboxylic acids is 1. The van der Waals surface area contributed by atoms with Crippen LogP contribution in [0, 0.1) is 0 Å². The van der Waals surface area contributed by atoms with E-state index in [1.165, 1.54) is 16.4 Å². The minimum atomic E-state index is -3.68. The minimum Gasteiger partial charge on any atom is -0.478 e. The van der Waals surface area contributed by atoms with Gasteiger partial charge in [-0.15, -0.1) is 0 Å². The standard InChI is InChI=1S/C13H16ClNO4S2/c1-2-9-8-15(5-6-20-9)21(18,19)10-3-4-12(14)11(7-10)13(16)17/h3-4,7,9H,2,5-6,8H2,1H3,(H,16,17). The van der Waals surface area contributed by atoms with Crippen molar-refractivity contribution in [2.24, 2.45) is 0 Å². The number of halogens is 1. The van der Waals surface area contributed by atoms with E-state index >= 15 is 0 Å². The summed E-state index contributed by atoms with van der Waals surface area (Å²) in [6.45, 7) is 2.92. The van der Waals surface area contributed by atoms with Gasteiger partial charge in [-0.25, -0.2) is 13.2 Å². The second kappa shape index (κ2) is 6.56. The quantitative estimate of drug-likeness (QED) is 0.904. The summed E-state index contributed by atoms with van der Waals surface area (Å²) in [5, 5.41) is 9.36. The highest BCUT2D eigenvalue weighted by molar-refractivity contribution is 8.00. The highest BCUT2D eigenvalue weighted by Crippen LogP contribution is 2.28. The second-order valence-corrected chi connectivity index (χ2v) is 8.46. The molecule has 1 saturated heterocycles. The van der Waals surface area contributed by atoms with Crippen LogP contribution >= 0.6 is 23.4 Å². The Balaban J connectivity index is 2.35. The molecule has 0 radical (unpaired) electrons. The van der Waals surface area contributed by atoms with Crippen molar-refractivity contribution in [1.29, 1.82) is 0 Å². The number of nitrogens with zero attached hydrogens (tertiary/aromatic N) is 1. The van der Waals surface area contributed by atoms with Gasteiger partial charge in [0.2, 0.25) is 10.0 Å². The van der Waals surface area contributed by atoms with Crippen molar-refractivity contribution >= 4 is 39.4 Å². The van der Waals surface area contributed by atoms with Crippen LogP contribution in [0.25, 0.3) is 0 Å². The maximum Gasteiger partial charge on any atom is 0.337 e. The molecule has 1 heterocycles. The van der Waals surface area contributed by atoms with Crippen LogP contribution in [0.3, 0.4) is 0 Å². The third-order valence-electron chi connectivity index (χ3n) is 3.36. The zero-order valence-electron chi connectivity index (χ0n) is 11.5. The summed E-state index contributed by atoms with van der Waals surface area (Å²) in [6.07, 6.45) is 0.900. The zero-order chi connectivity index (χ0) is 15.6. The van der Waals surface area contributed by atoms with Crippen LogP contribution < -0.4 is 0 Å². The van der Waals surface area contributed by atoms with Crippen molar-refractivity contribution in [3.63, 3.8) is 0 Å². The zero-order valence-corrected chi connectivity index (χ0v) is 13.8. The van der Waals surface area contributed by atoms with Crippen LogP contribution in [0.4, 0.5) is 0 Å². The highest BCUT2D eigenvalue weighted by atomic mass is 35.5. The molecule has 1 N–H and O–H groups in total. The molecule has 5 nitrogen and oxygen atoms in total. The molecule has 1 atom stereocenters. The fourth-order valence-electron chi connectivity index (χ4n) is 2.14. The molecule has 0 saturated carbocycles. The lowest BCUT2D eigenvalue weighted by Gasteiger charge is -2.31. The summed E-state index contributed by atoms with van der Waals surface area (Å²) in [6, 6.07) is 3.80. The Hall–Kier alpha value is -0.760. The average molecular weight is 350 g/mol. The number of rotatable bonds is 4. The van der Waals surface area contributed by atoms with E-state index in [0.717, 1.165) is 18.2 Å². The number of hydrogen-bond donors (Lipinski definition) is 1. The number of carbonyl (C=O) groups is 1. The van der Waals surface area contributed by atoms with Gasteiger partial charge in [-0.3, -0.25) is 0 Å². The number of benzene rings is 1. The van der Waals surface area contributed by atoms with Gasteiger partial charge in [-0.2, -0.15) is 16.1 Å². The van der Waals surface area contributed by atoms with E-state index in [0.29, 0.717) is 13.1 Å². The molecule has 0 bridgehead atoms. The van der Waals surface area contributed by atoms with Gasteiger partial charge in [0.25, 0.3) is 0 Å². The van der Waals surface area contributed by atoms with Gasteiger partial charge in [0.1, 0.15) is 0 Å². The Kier molecular flexibility index (Phi) is 5.19. The fraction of sp³-hybridized carbons (Fsp3) is 0.462. The molecule has 1 aliphatic heterocycles. The minimum absolute atomic E-state index is 0.0222. The summed E-state index contributed by atoms with van der Waals surface area (Å²) in [7, 11) is -3.68. The Morgan fingerprint density at radius 2 is 2.24 bits per heavy atom. The predicted octanol–water partition coefficient (Wildman–Crippen LogP) is 2.55. The van der Waals surface area contributed by atoms with E-state index in [9.17, 15) is 13.2 Å². The van der Waals surface area contributed by atoms with Gasteiger partial charge in [-0.05, 0) is 24.6 Å². The Labute approximate surface area is 133 Å². The first-order valence-electron chi connectivity index (χ1n) is 6.51. The van der Waals surface area contributed by atoms with Crippen molar-refractivity contribution < 1.29 is 18.3 Å². The molecule has 21 heavy (non-hydrogen) atoms. The molecule has 116 valence electrons. The largest absolute Gasteiger partial charge is 0.478 e. The summed E-state index contributed by atoms with van der Waals surface area (Å²) in [4.78, 5) is 11.1. The average Bonchev–Trinajstić information content (AvgIpc) is 2.47. The lowest BCUT2D eigenvalue weighted by Crippen LogP contribution is -2.41. The number of carboxylic acid groups (broad SMARTS) is 1. The van der Waals surface area contributed by atoms with Crippen LogP contribution in [0.15, 0.2) is 23.1 Å². The Bertz CT molecular complexity index is 648. The molecule has 2 rings (SSSR count). The number of hydrogen-bond acceptors (Lipinski definition) is 4. The molecule has 1 fully saturated rings. The van der Waals surface area contributed by atoms with Crippen LogP contribution in [-0.4, -0.2) is 47.9 Å². The smallest absolute Gasteiger partial charge is 0.337 e. The van der Waals surface area contributed by atoms with E-state index in [4.69, 9.17) is 16.7 Å². The summed E-state index contributed by atoms with van der Waals surface area (Å²) in [5.74, 6) is -0.491. The first kappa shape index (κ1) is 16.6. The third-order valence-corrected chi connectivity index (χ3v) is 6.93. The maximum absolute atomic E-state index is 12.6. The molecular weight excluding hydrogens is 334 g/mol. The molecule has 0 aliphatic carbocycles. The first-order chi connectivity index (χ1) is 9.86. The predicted molar refractivity (Wildman–Crippen MR) is 83.7 cm³/mol. The number of sulfonamides is 1. The molecular formula is C13H16ClNO4S2. The van der Waals surface area contributed by atoms with Gasteiger partial charge in [0.05, 0.1) is 15.5 Å². The lowest BCUT2D eigenvalue weighted by molar-refractivity contribution is 0.0697. The van der Waals surface area contributed by atoms with E-state index in [1.54, 1.807) is 11.8 Å². The summed E-state index contributed by atoms with van der Waals surface area (Å²) < 4.78 is 26.7. The van der Waals surface area contributed by atoms with Crippen molar-refractivity contribution in [1.82, 2.24) is 4.31 Å². The molecule has 1 unspecified atom stereocenters. The van der Waals surface area contributed by atoms with E-state index in [-0.39, 0.29) is 20.7 Å². The second-order valence-electron chi connectivity index (χ2n) is 4.71. The van der Waals surface area contributed by atoms with Crippen LogP contribution in [0.2, 0.25) is 5.02 Å². The van der Waals surface area contributed by atoms with Crippen LogP contribution in [-0.2, 0) is 10.0 Å². The van der Waals surface area contributed by atoms with Crippen molar-refractivity contribution in [2.45, 2.75) is 23.5 Å². The van der Waals surface area contributed by atoms with E-state index < -0.39 is 16.0 Å². The third kappa shape index (κ3) is 3.53. The van der Waals surface area contributed by atoms with Crippen molar-refractivity contribution in [3.05, 3.63) is 28.8 Å². The molecule has 8 heteroatoms. The van der Waals surface area contributed by atoms with Crippen LogP contribution in [0.5, 0.6) is 0 Å². The monoisotopic (exact) mass is 349 g/mol. The van der Waals surface area contributed by atoms with Gasteiger partial charge in [0.15, 0.2) is 0 Å². The first-order valence-corrected chi connectivity index (χ1v) is 9.37. The van der Waals surface area contributed by atoms with E-state index in [2.05, 4.69) is 0 Å².